The topological polar surface area (TPSA) is 53.0 Å². The van der Waals surface area contributed by atoms with Gasteiger partial charge in [0.1, 0.15) is 5.75 Å². The average molecular weight is 266 g/mol. The fourth-order valence-corrected chi connectivity index (χ4v) is 1.64. The summed E-state index contributed by atoms with van der Waals surface area (Å²) in [6.07, 6.45) is -0.395. The van der Waals surface area contributed by atoms with Gasteiger partial charge in [-0.15, -0.1) is 0 Å². The van der Waals surface area contributed by atoms with Crippen molar-refractivity contribution in [2.24, 2.45) is 0 Å². The van der Waals surface area contributed by atoms with Gasteiger partial charge in [-0.3, -0.25) is 4.90 Å². The van der Waals surface area contributed by atoms with Crippen LogP contribution in [0.15, 0.2) is 24.3 Å². The number of nitrogens with zero attached hydrogens (tertiary/aromatic N) is 2. The molecule has 0 saturated carbocycles. The predicted molar refractivity (Wildman–Crippen MR) is 74.3 cm³/mol. The summed E-state index contributed by atoms with van der Waals surface area (Å²) in [4.78, 5) is 14.9. The summed E-state index contributed by atoms with van der Waals surface area (Å²) in [5, 5.41) is 8.95. The first-order valence-corrected chi connectivity index (χ1v) is 6.26. The van der Waals surface area contributed by atoms with E-state index in [9.17, 15) is 4.79 Å². The van der Waals surface area contributed by atoms with Crippen LogP contribution in [0.2, 0.25) is 0 Å². The van der Waals surface area contributed by atoms with Crippen molar-refractivity contribution in [1.29, 1.82) is 0 Å². The molecule has 0 aromatic heterocycles. The van der Waals surface area contributed by atoms with E-state index in [1.807, 2.05) is 37.1 Å². The van der Waals surface area contributed by atoms with Crippen LogP contribution in [0, 0.1) is 0 Å². The lowest BCUT2D eigenvalue weighted by atomic mass is 10.1. The predicted octanol–water partition coefficient (Wildman–Crippen LogP) is 1.73. The Morgan fingerprint density at radius 3 is 2.63 bits per heavy atom. The molecule has 1 atom stereocenters. The second kappa shape index (κ2) is 7.11. The molecule has 0 saturated heterocycles. The van der Waals surface area contributed by atoms with Gasteiger partial charge in [-0.2, -0.15) is 0 Å². The molecule has 5 heteroatoms. The highest BCUT2D eigenvalue weighted by atomic mass is 16.6. The zero-order chi connectivity index (χ0) is 14.4. The van der Waals surface area contributed by atoms with Gasteiger partial charge in [0, 0.05) is 26.7 Å². The van der Waals surface area contributed by atoms with E-state index in [1.165, 1.54) is 4.90 Å². The maximum Gasteiger partial charge on any atom is 0.414 e. The van der Waals surface area contributed by atoms with Crippen LogP contribution < -0.4 is 4.74 Å². The van der Waals surface area contributed by atoms with Crippen LogP contribution in [-0.2, 0) is 0 Å². The molecule has 0 aliphatic rings. The molecule has 106 valence electrons. The highest BCUT2D eigenvalue weighted by Gasteiger charge is 2.13. The summed E-state index contributed by atoms with van der Waals surface area (Å²) in [5.74, 6) is 0.528. The average Bonchev–Trinajstić information content (AvgIpc) is 2.38. The molecule has 0 aliphatic heterocycles. The quantitative estimate of drug-likeness (QED) is 0.882. The number of hydrogen-bond donors (Lipinski definition) is 1. The van der Waals surface area contributed by atoms with Crippen molar-refractivity contribution in [2.45, 2.75) is 13.0 Å². The molecule has 0 bridgehead atoms. The fraction of sp³-hybridized carbons (Fsp3) is 0.500. The van der Waals surface area contributed by atoms with Gasteiger partial charge < -0.3 is 14.7 Å². The lowest BCUT2D eigenvalue weighted by molar-refractivity contribution is 0.171. The van der Waals surface area contributed by atoms with Gasteiger partial charge in [0.25, 0.3) is 0 Å². The first kappa shape index (κ1) is 15.5. The molecule has 0 fully saturated rings. The number of carbonyl (C=O) groups is 1. The molecule has 19 heavy (non-hydrogen) atoms. The molecule has 5 nitrogen and oxygen atoms in total. The third-order valence-electron chi connectivity index (χ3n) is 3.02. The Hall–Kier alpha value is -1.59. The molecule has 1 amide bonds. The van der Waals surface area contributed by atoms with Crippen molar-refractivity contribution in [3.63, 3.8) is 0 Å². The van der Waals surface area contributed by atoms with E-state index in [0.29, 0.717) is 12.3 Å². The van der Waals surface area contributed by atoms with Crippen LogP contribution in [0.5, 0.6) is 5.75 Å². The van der Waals surface area contributed by atoms with Crippen LogP contribution in [0.25, 0.3) is 0 Å². The standard InChI is InChI=1S/C14H22N2O3/c1-11(16(4)8-9-17)12-6-5-7-13(10-12)19-14(18)15(2)3/h5-7,10-11,17H,8-9H2,1-4H3. The van der Waals surface area contributed by atoms with Gasteiger partial charge in [0.05, 0.1) is 6.61 Å². The summed E-state index contributed by atoms with van der Waals surface area (Å²) in [7, 11) is 5.23. The fourth-order valence-electron chi connectivity index (χ4n) is 1.64. The van der Waals surface area contributed by atoms with Crippen molar-refractivity contribution in [2.75, 3.05) is 34.3 Å². The van der Waals surface area contributed by atoms with Crippen LogP contribution >= 0.6 is 0 Å². The van der Waals surface area contributed by atoms with E-state index in [2.05, 4.69) is 0 Å². The minimum absolute atomic E-state index is 0.121. The van der Waals surface area contributed by atoms with Crippen molar-refractivity contribution in [1.82, 2.24) is 9.80 Å². The van der Waals surface area contributed by atoms with Crippen LogP contribution in [0.1, 0.15) is 18.5 Å². The highest BCUT2D eigenvalue weighted by Crippen LogP contribution is 2.23. The number of aliphatic hydroxyl groups is 1. The molecule has 0 radical (unpaired) electrons. The third kappa shape index (κ3) is 4.54. The van der Waals surface area contributed by atoms with Crippen LogP contribution in [0.4, 0.5) is 4.79 Å². The van der Waals surface area contributed by atoms with E-state index >= 15 is 0 Å². The number of carbonyl (C=O) groups excluding carboxylic acids is 1. The number of hydrogen-bond acceptors (Lipinski definition) is 4. The molecule has 1 unspecified atom stereocenters. The van der Waals surface area contributed by atoms with Gasteiger partial charge in [-0.1, -0.05) is 12.1 Å². The monoisotopic (exact) mass is 266 g/mol. The lowest BCUT2D eigenvalue weighted by Gasteiger charge is -2.24. The molecule has 1 rings (SSSR count). The Labute approximate surface area is 114 Å². The van der Waals surface area contributed by atoms with Crippen molar-refractivity contribution in [3.8, 4) is 5.75 Å². The molecular weight excluding hydrogens is 244 g/mol. The smallest absolute Gasteiger partial charge is 0.410 e. The summed E-state index contributed by atoms with van der Waals surface area (Å²) < 4.78 is 5.23. The normalized spacial score (nSPS) is 12.3. The largest absolute Gasteiger partial charge is 0.414 e. The second-order valence-electron chi connectivity index (χ2n) is 4.72. The maximum atomic E-state index is 11.5. The number of aliphatic hydroxyl groups excluding tert-OH is 1. The van der Waals surface area contributed by atoms with Gasteiger partial charge in [0.15, 0.2) is 0 Å². The Morgan fingerprint density at radius 2 is 2.05 bits per heavy atom. The number of likely N-dealkylation sites (N-methyl/N-ethyl adjacent to an activating group) is 1. The summed E-state index contributed by atoms with van der Waals surface area (Å²) in [5.41, 5.74) is 1.04. The molecule has 0 heterocycles. The van der Waals surface area contributed by atoms with E-state index in [1.54, 1.807) is 20.2 Å². The van der Waals surface area contributed by atoms with Gasteiger partial charge in [-0.25, -0.2) is 4.79 Å². The first-order valence-electron chi connectivity index (χ1n) is 6.26. The number of benzene rings is 1. The zero-order valence-corrected chi connectivity index (χ0v) is 12.0. The van der Waals surface area contributed by atoms with E-state index < -0.39 is 6.09 Å². The van der Waals surface area contributed by atoms with Crippen LogP contribution in [0.3, 0.4) is 0 Å². The Morgan fingerprint density at radius 1 is 1.37 bits per heavy atom. The lowest BCUT2D eigenvalue weighted by Crippen LogP contribution is -2.26. The van der Waals surface area contributed by atoms with Gasteiger partial charge >= 0.3 is 6.09 Å². The van der Waals surface area contributed by atoms with E-state index in [4.69, 9.17) is 9.84 Å². The van der Waals surface area contributed by atoms with Gasteiger partial charge in [-0.05, 0) is 31.7 Å². The summed E-state index contributed by atoms with van der Waals surface area (Å²) in [6, 6.07) is 7.58. The number of amides is 1. The van der Waals surface area contributed by atoms with Gasteiger partial charge in [0.2, 0.25) is 0 Å². The molecular formula is C14H22N2O3. The Balaban J connectivity index is 2.79. The molecule has 1 aromatic carbocycles. The third-order valence-corrected chi connectivity index (χ3v) is 3.02. The first-order chi connectivity index (χ1) is 8.95. The maximum absolute atomic E-state index is 11.5. The molecule has 0 spiro atoms. The minimum atomic E-state index is -0.395. The molecule has 0 aliphatic carbocycles. The van der Waals surface area contributed by atoms with Crippen molar-refractivity contribution >= 4 is 6.09 Å². The van der Waals surface area contributed by atoms with Crippen molar-refractivity contribution < 1.29 is 14.6 Å². The summed E-state index contributed by atoms with van der Waals surface area (Å²) in [6.45, 7) is 2.77. The highest BCUT2D eigenvalue weighted by molar-refractivity contribution is 5.70. The number of rotatable bonds is 5. The van der Waals surface area contributed by atoms with E-state index in [-0.39, 0.29) is 12.6 Å². The Kier molecular flexibility index (Phi) is 5.79. The van der Waals surface area contributed by atoms with Crippen LogP contribution in [-0.4, -0.2) is 55.3 Å². The second-order valence-corrected chi connectivity index (χ2v) is 4.72. The number of ether oxygens (including phenoxy) is 1. The minimum Gasteiger partial charge on any atom is -0.410 e. The Bertz CT molecular complexity index is 421. The zero-order valence-electron chi connectivity index (χ0n) is 12.0. The molecule has 1 aromatic rings. The SMILES string of the molecule is CC(c1cccc(OC(=O)N(C)C)c1)N(C)CCO. The van der Waals surface area contributed by atoms with E-state index in [0.717, 1.165) is 5.56 Å². The summed E-state index contributed by atoms with van der Waals surface area (Å²) >= 11 is 0. The van der Waals surface area contributed by atoms with Crippen molar-refractivity contribution in [3.05, 3.63) is 29.8 Å². The molecule has 1 N–H and O–H groups in total.